The first-order chi connectivity index (χ1) is 14.1. The summed E-state index contributed by atoms with van der Waals surface area (Å²) >= 11 is 5.99. The van der Waals surface area contributed by atoms with E-state index in [9.17, 15) is 4.79 Å². The van der Waals surface area contributed by atoms with Gasteiger partial charge in [0, 0.05) is 42.3 Å². The standard InChI is InChI=1S/C21H21ClN4O3/c1-28-18-7-5-15(6-8-18)20-23-19(29-24-20)14-25-9-11-26(12-10-25)21(27)16-3-2-4-17(22)13-16/h2-8,13H,9-12,14H2,1H3. The molecule has 150 valence electrons. The molecule has 0 atom stereocenters. The third-order valence-electron chi connectivity index (χ3n) is 4.91. The molecule has 4 rings (SSSR count). The van der Waals surface area contributed by atoms with Gasteiger partial charge < -0.3 is 14.2 Å². The van der Waals surface area contributed by atoms with Crippen molar-refractivity contribution in [2.45, 2.75) is 6.54 Å². The molecule has 0 spiro atoms. The molecule has 29 heavy (non-hydrogen) atoms. The number of halogens is 1. The Kier molecular flexibility index (Phi) is 5.78. The number of amides is 1. The van der Waals surface area contributed by atoms with Gasteiger partial charge in [0.1, 0.15) is 5.75 Å². The molecule has 3 aromatic rings. The van der Waals surface area contributed by atoms with Crippen molar-refractivity contribution in [1.29, 1.82) is 0 Å². The number of nitrogens with zero attached hydrogens (tertiary/aromatic N) is 4. The van der Waals surface area contributed by atoms with Crippen LogP contribution in [0.15, 0.2) is 53.1 Å². The van der Waals surface area contributed by atoms with Gasteiger partial charge in [-0.1, -0.05) is 22.8 Å². The van der Waals surface area contributed by atoms with Crippen LogP contribution in [0.2, 0.25) is 5.02 Å². The molecule has 1 aliphatic heterocycles. The SMILES string of the molecule is COc1ccc(-c2noc(CN3CCN(C(=O)c4cccc(Cl)c4)CC3)n2)cc1. The fourth-order valence-electron chi connectivity index (χ4n) is 3.28. The first kappa shape index (κ1) is 19.4. The summed E-state index contributed by atoms with van der Waals surface area (Å²) < 4.78 is 10.6. The van der Waals surface area contributed by atoms with E-state index in [1.54, 1.807) is 31.4 Å². The molecule has 0 bridgehead atoms. The fraction of sp³-hybridized carbons (Fsp3) is 0.286. The van der Waals surface area contributed by atoms with Crippen LogP contribution in [0.5, 0.6) is 5.75 Å². The van der Waals surface area contributed by atoms with Gasteiger partial charge in [0.25, 0.3) is 5.91 Å². The number of aromatic nitrogens is 2. The number of piperazine rings is 1. The van der Waals surface area contributed by atoms with Crippen molar-refractivity contribution in [3.63, 3.8) is 0 Å². The number of ether oxygens (including phenoxy) is 1. The first-order valence-corrected chi connectivity index (χ1v) is 9.74. The summed E-state index contributed by atoms with van der Waals surface area (Å²) in [7, 11) is 1.63. The second-order valence-electron chi connectivity index (χ2n) is 6.82. The minimum absolute atomic E-state index is 0.00623. The summed E-state index contributed by atoms with van der Waals surface area (Å²) in [5.74, 6) is 1.90. The van der Waals surface area contributed by atoms with E-state index in [2.05, 4.69) is 15.0 Å². The molecule has 2 aromatic carbocycles. The molecule has 1 aromatic heterocycles. The highest BCUT2D eigenvalue weighted by Crippen LogP contribution is 2.20. The minimum atomic E-state index is 0.00623. The Morgan fingerprint density at radius 1 is 1.14 bits per heavy atom. The second-order valence-corrected chi connectivity index (χ2v) is 7.26. The molecule has 0 aliphatic carbocycles. The normalized spacial score (nSPS) is 14.8. The van der Waals surface area contributed by atoms with E-state index in [-0.39, 0.29) is 5.91 Å². The van der Waals surface area contributed by atoms with Crippen molar-refractivity contribution >= 4 is 17.5 Å². The van der Waals surface area contributed by atoms with Gasteiger partial charge in [-0.2, -0.15) is 4.98 Å². The van der Waals surface area contributed by atoms with Crippen LogP contribution in [0.4, 0.5) is 0 Å². The van der Waals surface area contributed by atoms with Gasteiger partial charge in [-0.25, -0.2) is 0 Å². The molecule has 1 aliphatic rings. The van der Waals surface area contributed by atoms with Crippen LogP contribution >= 0.6 is 11.6 Å². The maximum absolute atomic E-state index is 12.6. The highest BCUT2D eigenvalue weighted by Gasteiger charge is 2.23. The zero-order valence-electron chi connectivity index (χ0n) is 16.0. The molecule has 2 heterocycles. The zero-order valence-corrected chi connectivity index (χ0v) is 16.8. The lowest BCUT2D eigenvalue weighted by Crippen LogP contribution is -2.48. The van der Waals surface area contributed by atoms with Crippen molar-refractivity contribution < 1.29 is 14.1 Å². The molecule has 1 fully saturated rings. The van der Waals surface area contributed by atoms with E-state index < -0.39 is 0 Å². The highest BCUT2D eigenvalue weighted by atomic mass is 35.5. The quantitative estimate of drug-likeness (QED) is 0.640. The lowest BCUT2D eigenvalue weighted by Gasteiger charge is -2.34. The van der Waals surface area contributed by atoms with E-state index in [0.29, 0.717) is 41.9 Å². The molecule has 1 saturated heterocycles. The number of hydrogen-bond donors (Lipinski definition) is 0. The van der Waals surface area contributed by atoms with Gasteiger partial charge >= 0.3 is 0 Å². The van der Waals surface area contributed by atoms with Crippen molar-refractivity contribution in [1.82, 2.24) is 19.9 Å². The van der Waals surface area contributed by atoms with E-state index in [1.165, 1.54) is 0 Å². The van der Waals surface area contributed by atoms with Crippen LogP contribution in [-0.4, -0.2) is 59.1 Å². The van der Waals surface area contributed by atoms with Gasteiger partial charge in [0.2, 0.25) is 11.7 Å². The summed E-state index contributed by atoms with van der Waals surface area (Å²) in [4.78, 5) is 21.2. The van der Waals surface area contributed by atoms with E-state index in [4.69, 9.17) is 20.9 Å². The van der Waals surface area contributed by atoms with Crippen LogP contribution in [0, 0.1) is 0 Å². The van der Waals surface area contributed by atoms with Crippen molar-refractivity contribution in [3.8, 4) is 17.1 Å². The van der Waals surface area contributed by atoms with Gasteiger partial charge in [-0.3, -0.25) is 9.69 Å². The number of methoxy groups -OCH3 is 1. The van der Waals surface area contributed by atoms with Gasteiger partial charge in [-0.15, -0.1) is 0 Å². The number of carbonyl (C=O) groups is 1. The molecule has 0 N–H and O–H groups in total. The second kappa shape index (κ2) is 8.63. The Morgan fingerprint density at radius 3 is 2.59 bits per heavy atom. The Labute approximate surface area is 173 Å². The minimum Gasteiger partial charge on any atom is -0.497 e. The fourth-order valence-corrected chi connectivity index (χ4v) is 3.47. The Hall–Kier alpha value is -2.90. The molecule has 0 saturated carbocycles. The lowest BCUT2D eigenvalue weighted by atomic mass is 10.2. The highest BCUT2D eigenvalue weighted by molar-refractivity contribution is 6.30. The predicted octanol–water partition coefficient (Wildman–Crippen LogP) is 3.36. The molecular formula is C21H21ClN4O3. The van der Waals surface area contributed by atoms with Crippen LogP contribution < -0.4 is 4.74 Å². The maximum atomic E-state index is 12.6. The van der Waals surface area contributed by atoms with Crippen molar-refractivity contribution in [3.05, 3.63) is 65.0 Å². The van der Waals surface area contributed by atoms with E-state index >= 15 is 0 Å². The smallest absolute Gasteiger partial charge is 0.253 e. The zero-order chi connectivity index (χ0) is 20.2. The van der Waals surface area contributed by atoms with Crippen LogP contribution in [0.3, 0.4) is 0 Å². The average Bonchev–Trinajstić information content (AvgIpc) is 3.22. The Bertz CT molecular complexity index is 982. The predicted molar refractivity (Wildman–Crippen MR) is 109 cm³/mol. The molecule has 0 radical (unpaired) electrons. The summed E-state index contributed by atoms with van der Waals surface area (Å²) in [6.45, 7) is 3.33. The van der Waals surface area contributed by atoms with E-state index in [1.807, 2.05) is 29.2 Å². The number of hydrogen-bond acceptors (Lipinski definition) is 6. The van der Waals surface area contributed by atoms with Crippen LogP contribution in [-0.2, 0) is 6.54 Å². The van der Waals surface area contributed by atoms with Crippen molar-refractivity contribution in [2.24, 2.45) is 0 Å². The molecule has 8 heteroatoms. The summed E-state index contributed by atoms with van der Waals surface area (Å²) in [5, 5.41) is 4.64. The summed E-state index contributed by atoms with van der Waals surface area (Å²) in [6, 6.07) is 14.6. The number of carbonyl (C=O) groups excluding carboxylic acids is 1. The largest absolute Gasteiger partial charge is 0.497 e. The summed E-state index contributed by atoms with van der Waals surface area (Å²) in [5.41, 5.74) is 1.49. The van der Waals surface area contributed by atoms with E-state index in [0.717, 1.165) is 24.4 Å². The van der Waals surface area contributed by atoms with Crippen LogP contribution in [0.25, 0.3) is 11.4 Å². The topological polar surface area (TPSA) is 71.7 Å². The lowest BCUT2D eigenvalue weighted by molar-refractivity contribution is 0.0615. The molecule has 0 unspecified atom stereocenters. The van der Waals surface area contributed by atoms with Gasteiger partial charge in [0.15, 0.2) is 0 Å². The molecule has 1 amide bonds. The van der Waals surface area contributed by atoms with Gasteiger partial charge in [0.05, 0.1) is 13.7 Å². The Morgan fingerprint density at radius 2 is 1.90 bits per heavy atom. The van der Waals surface area contributed by atoms with Crippen molar-refractivity contribution in [2.75, 3.05) is 33.3 Å². The van der Waals surface area contributed by atoms with Crippen LogP contribution in [0.1, 0.15) is 16.2 Å². The molecule has 7 nitrogen and oxygen atoms in total. The maximum Gasteiger partial charge on any atom is 0.253 e. The average molecular weight is 413 g/mol. The molecular weight excluding hydrogens is 392 g/mol. The third kappa shape index (κ3) is 4.58. The monoisotopic (exact) mass is 412 g/mol. The van der Waals surface area contributed by atoms with Gasteiger partial charge in [-0.05, 0) is 42.5 Å². The summed E-state index contributed by atoms with van der Waals surface area (Å²) in [6.07, 6.45) is 0. The first-order valence-electron chi connectivity index (χ1n) is 9.36. The number of rotatable bonds is 5. The third-order valence-corrected chi connectivity index (χ3v) is 5.14. The Balaban J connectivity index is 1.33. The number of benzene rings is 2.